The monoisotopic (exact) mass is 203 g/mol. The smallest absolute Gasteiger partial charge is 0.159 e. The van der Waals surface area contributed by atoms with E-state index in [1.165, 1.54) is 6.92 Å². The maximum absolute atomic E-state index is 11.1. The molecule has 0 bridgehead atoms. The molecule has 0 atom stereocenters. The van der Waals surface area contributed by atoms with Gasteiger partial charge in [0, 0.05) is 25.4 Å². The maximum atomic E-state index is 11.1. The molecule has 15 heavy (non-hydrogen) atoms. The second kappa shape index (κ2) is 5.11. The number of anilines is 1. The van der Waals surface area contributed by atoms with Crippen LogP contribution in [0.4, 0.5) is 5.82 Å². The number of carbonyl (C=O) groups excluding carboxylic acids is 1. The summed E-state index contributed by atoms with van der Waals surface area (Å²) in [6.45, 7) is 2.14. The van der Waals surface area contributed by atoms with Crippen LogP contribution in [0.3, 0.4) is 0 Å². The van der Waals surface area contributed by atoms with Crippen LogP contribution in [-0.4, -0.2) is 24.4 Å². The first-order valence-corrected chi connectivity index (χ1v) is 4.70. The fourth-order valence-corrected chi connectivity index (χ4v) is 1.18. The van der Waals surface area contributed by atoms with Crippen LogP contribution >= 0.6 is 0 Å². The Bertz CT molecular complexity index is 395. The number of nitriles is 1. The summed E-state index contributed by atoms with van der Waals surface area (Å²) in [6.07, 6.45) is 2.05. The third-order valence-electron chi connectivity index (χ3n) is 2.10. The molecule has 1 rings (SSSR count). The van der Waals surface area contributed by atoms with E-state index >= 15 is 0 Å². The summed E-state index contributed by atoms with van der Waals surface area (Å²) in [5, 5.41) is 8.45. The van der Waals surface area contributed by atoms with Gasteiger partial charge in [-0.3, -0.25) is 4.79 Å². The first-order valence-electron chi connectivity index (χ1n) is 4.70. The number of hydrogen-bond acceptors (Lipinski definition) is 4. The predicted octanol–water partition coefficient (Wildman–Crippen LogP) is 1.63. The fourth-order valence-electron chi connectivity index (χ4n) is 1.18. The van der Waals surface area contributed by atoms with E-state index in [0.717, 1.165) is 5.82 Å². The molecule has 0 aliphatic rings. The summed E-state index contributed by atoms with van der Waals surface area (Å²) in [6, 6.07) is 5.49. The average molecular weight is 203 g/mol. The molecule has 1 aromatic rings. The van der Waals surface area contributed by atoms with Crippen molar-refractivity contribution in [2.75, 3.05) is 18.5 Å². The van der Waals surface area contributed by atoms with Crippen molar-refractivity contribution in [2.24, 2.45) is 0 Å². The van der Waals surface area contributed by atoms with Crippen molar-refractivity contribution < 1.29 is 4.79 Å². The summed E-state index contributed by atoms with van der Waals surface area (Å²) in [7, 11) is 1.85. The number of nitrogens with zero attached hydrogens (tertiary/aromatic N) is 3. The van der Waals surface area contributed by atoms with Crippen LogP contribution in [0.5, 0.6) is 0 Å². The summed E-state index contributed by atoms with van der Waals surface area (Å²) in [5.41, 5.74) is 0.642. The zero-order valence-corrected chi connectivity index (χ0v) is 8.90. The summed E-state index contributed by atoms with van der Waals surface area (Å²) in [4.78, 5) is 17.1. The molecule has 0 N–H and O–H groups in total. The average Bonchev–Trinajstić information content (AvgIpc) is 2.26. The second-order valence-electron chi connectivity index (χ2n) is 3.29. The van der Waals surface area contributed by atoms with Gasteiger partial charge in [-0.25, -0.2) is 4.98 Å². The SMILES string of the molecule is CC(=O)c1ccnc(N(C)CCC#N)c1. The minimum absolute atomic E-state index is 0.0207. The van der Waals surface area contributed by atoms with E-state index in [4.69, 9.17) is 5.26 Å². The van der Waals surface area contributed by atoms with Crippen molar-refractivity contribution in [3.63, 3.8) is 0 Å². The van der Waals surface area contributed by atoms with E-state index < -0.39 is 0 Å². The van der Waals surface area contributed by atoms with Crippen molar-refractivity contribution in [2.45, 2.75) is 13.3 Å². The lowest BCUT2D eigenvalue weighted by Crippen LogP contribution is -2.19. The Balaban J connectivity index is 2.81. The van der Waals surface area contributed by atoms with Crippen molar-refractivity contribution in [3.05, 3.63) is 23.9 Å². The van der Waals surface area contributed by atoms with Crippen molar-refractivity contribution in [3.8, 4) is 6.07 Å². The van der Waals surface area contributed by atoms with Crippen molar-refractivity contribution in [1.82, 2.24) is 4.98 Å². The van der Waals surface area contributed by atoms with E-state index in [2.05, 4.69) is 11.1 Å². The number of carbonyl (C=O) groups is 1. The maximum Gasteiger partial charge on any atom is 0.159 e. The molecule has 0 amide bonds. The topological polar surface area (TPSA) is 57.0 Å². The van der Waals surface area contributed by atoms with Gasteiger partial charge in [0.05, 0.1) is 12.5 Å². The Kier molecular flexibility index (Phi) is 3.81. The van der Waals surface area contributed by atoms with Crippen LogP contribution in [0.25, 0.3) is 0 Å². The minimum atomic E-state index is 0.0207. The number of aromatic nitrogens is 1. The number of pyridine rings is 1. The van der Waals surface area contributed by atoms with Gasteiger partial charge in [-0.05, 0) is 19.1 Å². The van der Waals surface area contributed by atoms with Gasteiger partial charge in [-0.2, -0.15) is 5.26 Å². The van der Waals surface area contributed by atoms with Crippen LogP contribution in [0, 0.1) is 11.3 Å². The molecule has 4 nitrogen and oxygen atoms in total. The molecule has 1 heterocycles. The lowest BCUT2D eigenvalue weighted by Gasteiger charge is -2.16. The van der Waals surface area contributed by atoms with Crippen LogP contribution in [0.1, 0.15) is 23.7 Å². The Labute approximate surface area is 89.2 Å². The van der Waals surface area contributed by atoms with Gasteiger partial charge in [-0.1, -0.05) is 0 Å². The summed E-state index contributed by atoms with van der Waals surface area (Å²) in [5.74, 6) is 0.741. The number of ketones is 1. The molecule has 0 aromatic carbocycles. The number of rotatable bonds is 4. The van der Waals surface area contributed by atoms with E-state index in [-0.39, 0.29) is 5.78 Å². The Hall–Kier alpha value is -1.89. The van der Waals surface area contributed by atoms with Crippen LogP contribution < -0.4 is 4.90 Å². The zero-order chi connectivity index (χ0) is 11.3. The number of hydrogen-bond donors (Lipinski definition) is 0. The molecule has 0 aliphatic carbocycles. The molecule has 0 unspecified atom stereocenters. The Morgan fingerprint density at radius 3 is 3.00 bits per heavy atom. The highest BCUT2D eigenvalue weighted by atomic mass is 16.1. The highest BCUT2D eigenvalue weighted by molar-refractivity contribution is 5.94. The van der Waals surface area contributed by atoms with Crippen LogP contribution in [0.2, 0.25) is 0 Å². The van der Waals surface area contributed by atoms with Crippen molar-refractivity contribution >= 4 is 11.6 Å². The van der Waals surface area contributed by atoms with Gasteiger partial charge in [-0.15, -0.1) is 0 Å². The van der Waals surface area contributed by atoms with Gasteiger partial charge in [0.25, 0.3) is 0 Å². The van der Waals surface area contributed by atoms with E-state index in [0.29, 0.717) is 18.5 Å². The lowest BCUT2D eigenvalue weighted by molar-refractivity contribution is 0.101. The molecular weight excluding hydrogens is 190 g/mol. The molecular formula is C11H13N3O. The normalized spacial score (nSPS) is 9.40. The molecule has 0 spiro atoms. The van der Waals surface area contributed by atoms with Crippen LogP contribution in [0.15, 0.2) is 18.3 Å². The van der Waals surface area contributed by atoms with Gasteiger partial charge in [0.2, 0.25) is 0 Å². The highest BCUT2D eigenvalue weighted by Crippen LogP contribution is 2.11. The predicted molar refractivity (Wildman–Crippen MR) is 57.7 cm³/mol. The van der Waals surface area contributed by atoms with Gasteiger partial charge in [0.15, 0.2) is 5.78 Å². The largest absolute Gasteiger partial charge is 0.359 e. The van der Waals surface area contributed by atoms with Gasteiger partial charge >= 0.3 is 0 Å². The molecule has 0 aliphatic heterocycles. The standard InChI is InChI=1S/C11H13N3O/c1-9(15)10-4-6-13-11(8-10)14(2)7-3-5-12/h4,6,8H,3,7H2,1-2H3. The summed E-state index contributed by atoms with van der Waals surface area (Å²) >= 11 is 0. The number of Topliss-reactive ketones (excluding diaryl/α,β-unsaturated/α-hetero) is 1. The third-order valence-corrected chi connectivity index (χ3v) is 2.10. The Morgan fingerprint density at radius 2 is 2.40 bits per heavy atom. The minimum Gasteiger partial charge on any atom is -0.359 e. The molecule has 0 fully saturated rings. The van der Waals surface area contributed by atoms with E-state index in [1.807, 2.05) is 11.9 Å². The summed E-state index contributed by atoms with van der Waals surface area (Å²) < 4.78 is 0. The first-order chi connectivity index (χ1) is 7.15. The second-order valence-corrected chi connectivity index (χ2v) is 3.29. The van der Waals surface area contributed by atoms with Crippen molar-refractivity contribution in [1.29, 1.82) is 5.26 Å². The van der Waals surface area contributed by atoms with E-state index in [1.54, 1.807) is 18.3 Å². The zero-order valence-electron chi connectivity index (χ0n) is 8.90. The van der Waals surface area contributed by atoms with Crippen LogP contribution in [-0.2, 0) is 0 Å². The fraction of sp³-hybridized carbons (Fsp3) is 0.364. The van der Waals surface area contributed by atoms with Gasteiger partial charge in [0.1, 0.15) is 5.82 Å². The molecule has 78 valence electrons. The van der Waals surface area contributed by atoms with Gasteiger partial charge < -0.3 is 4.90 Å². The quantitative estimate of drug-likeness (QED) is 0.698. The van der Waals surface area contributed by atoms with E-state index in [9.17, 15) is 4.79 Å². The lowest BCUT2D eigenvalue weighted by atomic mass is 10.2. The molecule has 1 aromatic heterocycles. The first kappa shape index (κ1) is 11.2. The third kappa shape index (κ3) is 3.06. The molecule has 0 saturated heterocycles. The Morgan fingerprint density at radius 1 is 1.67 bits per heavy atom. The molecule has 0 saturated carbocycles. The molecule has 4 heteroatoms. The highest BCUT2D eigenvalue weighted by Gasteiger charge is 2.05. The molecule has 0 radical (unpaired) electrons.